The first-order valence-corrected chi connectivity index (χ1v) is 18.4. The SMILES string of the molecule is N[C@H]1CCN(c2nccn3ccnc23)C1.O=C(N[C@H]1CCN(c2nccn3ccnc23)C1)c1ncn(-c2cccc(F)c2)n1.O=C(O)c1ncn(-c2cccc(F)c2)n1. The maximum absolute atomic E-state index is 13.4. The summed E-state index contributed by atoms with van der Waals surface area (Å²) in [4.78, 5) is 52.5. The highest BCUT2D eigenvalue weighted by Crippen LogP contribution is 2.23. The molecule has 2 fully saturated rings. The van der Waals surface area contributed by atoms with Gasteiger partial charge in [0.2, 0.25) is 5.82 Å². The summed E-state index contributed by atoms with van der Waals surface area (Å²) >= 11 is 0. The van der Waals surface area contributed by atoms with Crippen LogP contribution in [0.2, 0.25) is 0 Å². The molecule has 2 aliphatic rings. The van der Waals surface area contributed by atoms with E-state index in [0.717, 1.165) is 55.4 Å². The number of nitrogens with two attached hydrogens (primary N) is 1. The average molecular weight is 803 g/mol. The van der Waals surface area contributed by atoms with Crippen molar-refractivity contribution < 1.29 is 23.5 Å². The van der Waals surface area contributed by atoms with Crippen LogP contribution in [-0.4, -0.2) is 114 Å². The third-order valence-electron chi connectivity index (χ3n) is 9.46. The number of carbonyl (C=O) groups is 2. The van der Waals surface area contributed by atoms with Gasteiger partial charge in [-0.1, -0.05) is 12.1 Å². The molecule has 0 unspecified atom stereocenters. The highest BCUT2D eigenvalue weighted by atomic mass is 19.1. The third kappa shape index (κ3) is 8.68. The highest BCUT2D eigenvalue weighted by Gasteiger charge is 2.28. The molecule has 0 bridgehead atoms. The van der Waals surface area contributed by atoms with E-state index in [0.29, 0.717) is 17.9 Å². The van der Waals surface area contributed by atoms with Crippen molar-refractivity contribution in [2.24, 2.45) is 5.73 Å². The lowest BCUT2D eigenvalue weighted by molar-refractivity contribution is 0.0683. The fourth-order valence-corrected chi connectivity index (χ4v) is 6.64. The van der Waals surface area contributed by atoms with Crippen LogP contribution in [0.15, 0.2) is 111 Å². The van der Waals surface area contributed by atoms with Crippen LogP contribution in [-0.2, 0) is 0 Å². The first-order valence-electron chi connectivity index (χ1n) is 18.4. The molecular weight excluding hydrogens is 767 g/mol. The predicted octanol–water partition coefficient (Wildman–Crippen LogP) is 2.83. The molecule has 21 heteroatoms. The molecule has 19 nitrogen and oxygen atoms in total. The Morgan fingerprint density at radius 1 is 0.678 bits per heavy atom. The van der Waals surface area contributed by atoms with Gasteiger partial charge in [0, 0.05) is 87.8 Å². The molecule has 1 amide bonds. The number of hydrogen-bond acceptors (Lipinski definition) is 13. The first-order chi connectivity index (χ1) is 28.7. The van der Waals surface area contributed by atoms with Crippen molar-refractivity contribution in [1.29, 1.82) is 0 Å². The quantitative estimate of drug-likeness (QED) is 0.211. The number of aromatic carboxylic acids is 1. The van der Waals surface area contributed by atoms with Crippen LogP contribution in [0.25, 0.3) is 22.7 Å². The highest BCUT2D eigenvalue weighted by molar-refractivity contribution is 5.90. The number of hydrogen-bond donors (Lipinski definition) is 3. The van der Waals surface area contributed by atoms with E-state index in [4.69, 9.17) is 10.8 Å². The summed E-state index contributed by atoms with van der Waals surface area (Å²) in [5.41, 5.74) is 8.51. The third-order valence-corrected chi connectivity index (χ3v) is 9.46. The number of nitrogens with zero attached hydrogens (tertiary/aromatic N) is 14. The molecule has 8 aromatic rings. The van der Waals surface area contributed by atoms with Crippen LogP contribution in [0.5, 0.6) is 0 Å². The van der Waals surface area contributed by atoms with Gasteiger partial charge in [0.15, 0.2) is 22.9 Å². The topological polar surface area (TPSA) is 221 Å². The zero-order valence-corrected chi connectivity index (χ0v) is 31.1. The van der Waals surface area contributed by atoms with E-state index in [1.807, 2.05) is 33.6 Å². The van der Waals surface area contributed by atoms with Crippen molar-refractivity contribution in [2.45, 2.75) is 24.9 Å². The molecule has 59 heavy (non-hydrogen) atoms. The second-order valence-electron chi connectivity index (χ2n) is 13.5. The van der Waals surface area contributed by atoms with E-state index >= 15 is 0 Å². The summed E-state index contributed by atoms with van der Waals surface area (Å²) in [7, 11) is 0. The summed E-state index contributed by atoms with van der Waals surface area (Å²) < 4.78 is 32.7. The maximum atomic E-state index is 13.4. The van der Waals surface area contributed by atoms with Crippen molar-refractivity contribution in [3.63, 3.8) is 0 Å². The lowest BCUT2D eigenvalue weighted by Crippen LogP contribution is -2.37. The van der Waals surface area contributed by atoms with Crippen LogP contribution in [0.4, 0.5) is 20.4 Å². The molecule has 0 saturated carbocycles. The second kappa shape index (κ2) is 16.8. The number of carboxylic acid groups (broad SMARTS) is 1. The van der Waals surface area contributed by atoms with Crippen molar-refractivity contribution in [1.82, 2.24) is 63.6 Å². The zero-order chi connectivity index (χ0) is 40.9. The van der Waals surface area contributed by atoms with E-state index in [-0.39, 0.29) is 35.5 Å². The fourth-order valence-electron chi connectivity index (χ4n) is 6.64. The number of nitrogens with one attached hydrogen (secondary N) is 1. The number of carboxylic acids is 1. The summed E-state index contributed by atoms with van der Waals surface area (Å²) in [5, 5.41) is 19.4. The van der Waals surface area contributed by atoms with Crippen LogP contribution in [0.1, 0.15) is 34.1 Å². The number of imidazole rings is 2. The number of rotatable bonds is 7. The molecular formula is C38H36F2N16O3. The molecule has 6 aromatic heterocycles. The molecule has 300 valence electrons. The Labute approximate surface area is 333 Å². The summed E-state index contributed by atoms with van der Waals surface area (Å²) in [5.74, 6) is -0.918. The molecule has 10 rings (SSSR count). The van der Waals surface area contributed by atoms with E-state index in [9.17, 15) is 18.4 Å². The predicted molar refractivity (Wildman–Crippen MR) is 208 cm³/mol. The summed E-state index contributed by atoms with van der Waals surface area (Å²) in [6, 6.07) is 11.8. The molecule has 2 saturated heterocycles. The van der Waals surface area contributed by atoms with Gasteiger partial charge < -0.3 is 34.8 Å². The Balaban J connectivity index is 0.000000136. The Morgan fingerprint density at radius 2 is 1.19 bits per heavy atom. The number of carbonyl (C=O) groups excluding carboxylic acids is 1. The van der Waals surface area contributed by atoms with Gasteiger partial charge in [0.05, 0.1) is 11.4 Å². The Kier molecular flexibility index (Phi) is 10.9. The first kappa shape index (κ1) is 38.2. The van der Waals surface area contributed by atoms with E-state index in [2.05, 4.69) is 55.2 Å². The monoisotopic (exact) mass is 802 g/mol. The van der Waals surface area contributed by atoms with Gasteiger partial charge in [0.1, 0.15) is 24.3 Å². The molecule has 8 heterocycles. The Bertz CT molecular complexity index is 2730. The van der Waals surface area contributed by atoms with Gasteiger partial charge in [-0.15, -0.1) is 10.2 Å². The number of benzene rings is 2. The van der Waals surface area contributed by atoms with Gasteiger partial charge in [-0.05, 0) is 49.2 Å². The van der Waals surface area contributed by atoms with Crippen molar-refractivity contribution in [2.75, 3.05) is 36.0 Å². The number of anilines is 2. The number of fused-ring (bicyclic) bond motifs is 2. The minimum absolute atomic E-state index is 0.0428. The van der Waals surface area contributed by atoms with Gasteiger partial charge in [0.25, 0.3) is 11.7 Å². The van der Waals surface area contributed by atoms with Crippen LogP contribution < -0.4 is 20.9 Å². The van der Waals surface area contributed by atoms with Gasteiger partial charge in [-0.2, -0.15) is 0 Å². The van der Waals surface area contributed by atoms with E-state index in [1.165, 1.54) is 52.4 Å². The van der Waals surface area contributed by atoms with E-state index in [1.54, 1.807) is 43.0 Å². The van der Waals surface area contributed by atoms with Crippen molar-refractivity contribution in [3.8, 4) is 11.4 Å². The fraction of sp³-hybridized carbons (Fsp3) is 0.211. The standard InChI is InChI=1S/C19H17FN8O.C10H13N5.C9H6FN3O2/c20-13-2-1-3-15(10-13)28-12-23-16(25-28)19(29)24-14-4-7-27(11-14)18-17-21-5-8-26(17)9-6-22-18;11-8-1-4-15(7-8)10-9-12-2-5-14(9)6-3-13-10;10-6-2-1-3-7(4-6)13-5-11-8(12-13)9(14)15/h1-3,5-6,8-10,12,14H,4,7,11H2,(H,24,29);2-3,5-6,8H,1,4,7,11H2;1-5H,(H,14,15)/t14-;8-;/m00./s1. The van der Waals surface area contributed by atoms with Crippen molar-refractivity contribution in [3.05, 3.63) is 134 Å². The molecule has 0 spiro atoms. The molecule has 2 aliphatic heterocycles. The number of halogens is 2. The van der Waals surface area contributed by atoms with Gasteiger partial charge in [-0.25, -0.2) is 52.8 Å². The lowest BCUT2D eigenvalue weighted by Gasteiger charge is -2.18. The molecule has 2 atom stereocenters. The van der Waals surface area contributed by atoms with Gasteiger partial charge in [-0.3, -0.25) is 4.79 Å². The number of aromatic nitrogens is 12. The summed E-state index contributed by atoms with van der Waals surface area (Å²) in [6.07, 6.45) is 19.0. The largest absolute Gasteiger partial charge is 0.475 e. The normalized spacial score (nSPS) is 16.1. The Morgan fingerprint density at radius 3 is 1.69 bits per heavy atom. The zero-order valence-electron chi connectivity index (χ0n) is 31.1. The van der Waals surface area contributed by atoms with Crippen LogP contribution in [0, 0.1) is 11.6 Å². The number of amides is 1. The minimum atomic E-state index is -1.22. The second-order valence-corrected chi connectivity index (χ2v) is 13.5. The average Bonchev–Trinajstić information content (AvgIpc) is 4.10. The Hall–Kier alpha value is -7.68. The molecule has 0 aliphatic carbocycles. The molecule has 4 N–H and O–H groups in total. The minimum Gasteiger partial charge on any atom is -0.475 e. The molecule has 2 aromatic carbocycles. The van der Waals surface area contributed by atoms with Crippen LogP contribution >= 0.6 is 0 Å². The molecule has 0 radical (unpaired) electrons. The van der Waals surface area contributed by atoms with Crippen LogP contribution in [0.3, 0.4) is 0 Å². The maximum Gasteiger partial charge on any atom is 0.375 e. The van der Waals surface area contributed by atoms with Gasteiger partial charge >= 0.3 is 5.97 Å². The van der Waals surface area contributed by atoms with Crippen molar-refractivity contribution >= 4 is 34.8 Å². The lowest BCUT2D eigenvalue weighted by atomic mass is 10.2. The summed E-state index contributed by atoms with van der Waals surface area (Å²) in [6.45, 7) is 3.23. The smallest absolute Gasteiger partial charge is 0.375 e. The van der Waals surface area contributed by atoms with E-state index < -0.39 is 11.8 Å².